The molecule has 3 N–H and O–H groups in total. The Labute approximate surface area is 77.8 Å². The standard InChI is InChI=1S/C7H3BF2O4/c8-2-3(9)5(11)1(7(13)14)6(12)4(2)10/h11-12H,(H,13,14). The van der Waals surface area contributed by atoms with Gasteiger partial charge in [-0.2, -0.15) is 0 Å². The number of hydrogen-bond acceptors (Lipinski definition) is 3. The summed E-state index contributed by atoms with van der Waals surface area (Å²) in [4.78, 5) is 10.4. The maximum atomic E-state index is 12.8. The van der Waals surface area contributed by atoms with Crippen LogP contribution in [0.5, 0.6) is 11.5 Å². The smallest absolute Gasteiger partial charge is 0.343 e. The molecule has 0 fully saturated rings. The summed E-state index contributed by atoms with van der Waals surface area (Å²) in [5, 5.41) is 26.2. The molecule has 14 heavy (non-hydrogen) atoms. The van der Waals surface area contributed by atoms with Gasteiger partial charge in [-0.15, -0.1) is 0 Å². The van der Waals surface area contributed by atoms with Gasteiger partial charge < -0.3 is 15.3 Å². The molecule has 4 nitrogen and oxygen atoms in total. The zero-order valence-electron chi connectivity index (χ0n) is 6.58. The van der Waals surface area contributed by atoms with Crippen LogP contribution < -0.4 is 5.46 Å². The van der Waals surface area contributed by atoms with Gasteiger partial charge in [0.25, 0.3) is 0 Å². The zero-order valence-corrected chi connectivity index (χ0v) is 6.58. The van der Waals surface area contributed by atoms with Gasteiger partial charge >= 0.3 is 5.97 Å². The average Bonchev–Trinajstić information content (AvgIpc) is 2.11. The lowest BCUT2D eigenvalue weighted by Gasteiger charge is -2.08. The number of aromatic hydroxyl groups is 2. The minimum atomic E-state index is -1.86. The fourth-order valence-electron chi connectivity index (χ4n) is 0.886. The Kier molecular flexibility index (Phi) is 2.33. The first kappa shape index (κ1) is 10.3. The van der Waals surface area contributed by atoms with E-state index < -0.39 is 40.1 Å². The topological polar surface area (TPSA) is 77.8 Å². The quantitative estimate of drug-likeness (QED) is 0.551. The first-order chi connectivity index (χ1) is 6.37. The summed E-state index contributed by atoms with van der Waals surface area (Å²) >= 11 is 0. The molecular weight excluding hydrogens is 197 g/mol. The number of carbonyl (C=O) groups is 1. The molecule has 1 aromatic rings. The van der Waals surface area contributed by atoms with Crippen LogP contribution in [0.2, 0.25) is 0 Å². The highest BCUT2D eigenvalue weighted by atomic mass is 19.1. The van der Waals surface area contributed by atoms with Gasteiger partial charge in [0.15, 0.2) is 23.1 Å². The van der Waals surface area contributed by atoms with E-state index in [1.54, 1.807) is 0 Å². The molecule has 72 valence electrons. The van der Waals surface area contributed by atoms with E-state index in [0.717, 1.165) is 0 Å². The van der Waals surface area contributed by atoms with Gasteiger partial charge in [0, 0.05) is 0 Å². The molecule has 1 rings (SSSR count). The molecular formula is C7H3BF2O4. The van der Waals surface area contributed by atoms with Crippen molar-refractivity contribution in [2.75, 3.05) is 0 Å². The van der Waals surface area contributed by atoms with Crippen molar-refractivity contribution < 1.29 is 28.9 Å². The van der Waals surface area contributed by atoms with E-state index in [-0.39, 0.29) is 0 Å². The lowest BCUT2D eigenvalue weighted by Crippen LogP contribution is -2.17. The number of carboxylic acids is 1. The van der Waals surface area contributed by atoms with Crippen molar-refractivity contribution in [3.63, 3.8) is 0 Å². The van der Waals surface area contributed by atoms with Crippen molar-refractivity contribution in [1.29, 1.82) is 0 Å². The van der Waals surface area contributed by atoms with E-state index in [4.69, 9.17) is 23.2 Å². The molecule has 0 unspecified atom stereocenters. The van der Waals surface area contributed by atoms with Crippen LogP contribution in [-0.4, -0.2) is 29.1 Å². The molecule has 0 aliphatic heterocycles. The SMILES string of the molecule is [B]c1c(F)c(O)c(C(=O)O)c(O)c1F. The molecule has 0 aliphatic rings. The van der Waals surface area contributed by atoms with Gasteiger partial charge in [0.1, 0.15) is 13.4 Å². The number of rotatable bonds is 1. The van der Waals surface area contributed by atoms with Gasteiger partial charge in [0.05, 0.1) is 0 Å². The minimum Gasteiger partial charge on any atom is -0.504 e. The molecule has 2 radical (unpaired) electrons. The molecule has 0 bridgehead atoms. The molecule has 0 saturated carbocycles. The van der Waals surface area contributed by atoms with E-state index in [0.29, 0.717) is 0 Å². The third-order valence-electron chi connectivity index (χ3n) is 1.58. The summed E-state index contributed by atoms with van der Waals surface area (Å²) in [6.07, 6.45) is 0. The molecule has 1 aromatic carbocycles. The first-order valence-corrected chi connectivity index (χ1v) is 3.29. The lowest BCUT2D eigenvalue weighted by molar-refractivity contribution is 0.0688. The fourth-order valence-corrected chi connectivity index (χ4v) is 0.886. The van der Waals surface area contributed by atoms with Gasteiger partial charge in [-0.05, 0) is 5.46 Å². The second-order valence-electron chi connectivity index (χ2n) is 2.42. The van der Waals surface area contributed by atoms with E-state index in [2.05, 4.69) is 0 Å². The van der Waals surface area contributed by atoms with Crippen molar-refractivity contribution in [2.24, 2.45) is 0 Å². The summed E-state index contributed by atoms with van der Waals surface area (Å²) in [5.41, 5.74) is -2.39. The predicted molar refractivity (Wildman–Crippen MR) is 42.0 cm³/mol. The lowest BCUT2D eigenvalue weighted by atomic mass is 9.92. The number of hydrogen-bond donors (Lipinski definition) is 3. The summed E-state index contributed by atoms with van der Waals surface area (Å²) < 4.78 is 25.6. The second-order valence-corrected chi connectivity index (χ2v) is 2.42. The summed E-state index contributed by atoms with van der Waals surface area (Å²) in [6.45, 7) is 0. The van der Waals surface area contributed by atoms with E-state index >= 15 is 0 Å². The van der Waals surface area contributed by atoms with Gasteiger partial charge in [-0.25, -0.2) is 13.6 Å². The number of phenols is 2. The molecule has 0 atom stereocenters. The van der Waals surface area contributed by atoms with E-state index in [9.17, 15) is 13.6 Å². The molecule has 0 saturated heterocycles. The number of carboxylic acid groups (broad SMARTS) is 1. The predicted octanol–water partition coefficient (Wildman–Crippen LogP) is -0.132. The Morgan fingerprint density at radius 1 is 1.14 bits per heavy atom. The largest absolute Gasteiger partial charge is 0.504 e. The third-order valence-corrected chi connectivity index (χ3v) is 1.58. The first-order valence-electron chi connectivity index (χ1n) is 3.29. The Bertz CT molecular complexity index is 390. The van der Waals surface area contributed by atoms with Crippen LogP contribution in [0.15, 0.2) is 0 Å². The molecule has 0 heterocycles. The monoisotopic (exact) mass is 200 g/mol. The van der Waals surface area contributed by atoms with Crippen molar-refractivity contribution in [2.45, 2.75) is 0 Å². The van der Waals surface area contributed by atoms with Gasteiger partial charge in [-0.1, -0.05) is 0 Å². The Hall–Kier alpha value is -1.79. The molecule has 0 amide bonds. The van der Waals surface area contributed by atoms with E-state index in [1.807, 2.05) is 0 Å². The Morgan fingerprint density at radius 3 is 1.79 bits per heavy atom. The number of benzene rings is 1. The second kappa shape index (κ2) is 3.17. The van der Waals surface area contributed by atoms with E-state index in [1.165, 1.54) is 0 Å². The summed E-state index contributed by atoms with van der Waals surface area (Å²) in [7, 11) is 4.79. The van der Waals surface area contributed by atoms with Crippen LogP contribution in [-0.2, 0) is 0 Å². The number of aromatic carboxylic acids is 1. The van der Waals surface area contributed by atoms with Crippen LogP contribution in [0.25, 0.3) is 0 Å². The summed E-state index contributed by atoms with van der Waals surface area (Å²) in [5.74, 6) is -7.88. The van der Waals surface area contributed by atoms with Crippen LogP contribution in [0.4, 0.5) is 8.78 Å². The van der Waals surface area contributed by atoms with Crippen molar-refractivity contribution in [3.8, 4) is 11.5 Å². The van der Waals surface area contributed by atoms with Crippen LogP contribution in [0, 0.1) is 11.6 Å². The number of halogens is 2. The summed E-state index contributed by atoms with van der Waals surface area (Å²) in [6, 6.07) is 0. The average molecular weight is 200 g/mol. The highest BCUT2D eigenvalue weighted by Crippen LogP contribution is 2.30. The maximum absolute atomic E-state index is 12.8. The Morgan fingerprint density at radius 2 is 1.50 bits per heavy atom. The van der Waals surface area contributed by atoms with Crippen molar-refractivity contribution in [1.82, 2.24) is 0 Å². The highest BCUT2D eigenvalue weighted by molar-refractivity contribution is 6.33. The van der Waals surface area contributed by atoms with Crippen LogP contribution >= 0.6 is 0 Å². The molecule has 0 aliphatic carbocycles. The molecule has 7 heteroatoms. The van der Waals surface area contributed by atoms with Crippen LogP contribution in [0.1, 0.15) is 10.4 Å². The van der Waals surface area contributed by atoms with Gasteiger partial charge in [-0.3, -0.25) is 0 Å². The maximum Gasteiger partial charge on any atom is 0.343 e. The van der Waals surface area contributed by atoms with Crippen LogP contribution in [0.3, 0.4) is 0 Å². The molecule has 0 aromatic heterocycles. The Balaban J connectivity index is 3.68. The fraction of sp³-hybridized carbons (Fsp3) is 0. The zero-order chi connectivity index (χ0) is 11.0. The van der Waals surface area contributed by atoms with Crippen molar-refractivity contribution in [3.05, 3.63) is 17.2 Å². The normalized spacial score (nSPS) is 10.1. The third kappa shape index (κ3) is 1.26. The highest BCUT2D eigenvalue weighted by Gasteiger charge is 2.25. The van der Waals surface area contributed by atoms with Crippen molar-refractivity contribution >= 4 is 19.3 Å². The minimum absolute atomic E-state index is 1.13. The molecule has 0 spiro atoms. The van der Waals surface area contributed by atoms with Gasteiger partial charge in [0.2, 0.25) is 0 Å².